The van der Waals surface area contributed by atoms with Gasteiger partial charge in [-0.1, -0.05) is 11.8 Å². The fourth-order valence-corrected chi connectivity index (χ4v) is 1.96. The average molecular weight is 216 g/mol. The lowest BCUT2D eigenvalue weighted by Crippen LogP contribution is -1.74. The lowest BCUT2D eigenvalue weighted by molar-refractivity contribution is 0.669. The molecule has 0 aliphatic rings. The summed E-state index contributed by atoms with van der Waals surface area (Å²) < 4.78 is 5.71. The van der Waals surface area contributed by atoms with E-state index < -0.39 is 0 Å². The Labute approximate surface area is 99.0 Å². The van der Waals surface area contributed by atoms with Gasteiger partial charge in [-0.3, -0.25) is 0 Å². The van der Waals surface area contributed by atoms with Gasteiger partial charge in [-0.05, 0) is 36.4 Å². The molecule has 1 aromatic heterocycles. The van der Waals surface area contributed by atoms with Crippen molar-refractivity contribution in [2.45, 2.75) is 0 Å². The molecule has 3 aromatic rings. The van der Waals surface area contributed by atoms with Crippen LogP contribution in [0.1, 0.15) is 11.1 Å². The maximum Gasteiger partial charge on any atom is 0.135 e. The van der Waals surface area contributed by atoms with Crippen LogP contribution in [0.2, 0.25) is 0 Å². The summed E-state index contributed by atoms with van der Waals surface area (Å²) in [5.41, 5.74) is 3.33. The summed E-state index contributed by atoms with van der Waals surface area (Å²) in [7, 11) is 0. The van der Waals surface area contributed by atoms with E-state index in [4.69, 9.17) is 17.3 Å². The Morgan fingerprint density at radius 1 is 0.765 bits per heavy atom. The molecule has 1 heterocycles. The largest absolute Gasteiger partial charge is 0.456 e. The van der Waals surface area contributed by atoms with Crippen LogP contribution >= 0.6 is 0 Å². The molecule has 0 aliphatic heterocycles. The summed E-state index contributed by atoms with van der Waals surface area (Å²) in [6.07, 6.45) is 10.8. The topological polar surface area (TPSA) is 13.1 Å². The summed E-state index contributed by atoms with van der Waals surface area (Å²) in [5, 5.41) is 2.01. The predicted octanol–water partition coefficient (Wildman–Crippen LogP) is 3.55. The first kappa shape index (κ1) is 9.58. The summed E-state index contributed by atoms with van der Waals surface area (Å²) in [5.74, 6) is 5.24. The third kappa shape index (κ3) is 1.38. The van der Waals surface area contributed by atoms with E-state index in [0.717, 1.165) is 33.1 Å². The highest BCUT2D eigenvalue weighted by Gasteiger charge is 2.07. The van der Waals surface area contributed by atoms with Crippen molar-refractivity contribution in [2.24, 2.45) is 0 Å². The summed E-state index contributed by atoms with van der Waals surface area (Å²) in [6.45, 7) is 0. The van der Waals surface area contributed by atoms with Gasteiger partial charge in [-0.25, -0.2) is 0 Å². The van der Waals surface area contributed by atoms with Gasteiger partial charge in [0.2, 0.25) is 0 Å². The van der Waals surface area contributed by atoms with Gasteiger partial charge in [-0.2, -0.15) is 0 Å². The summed E-state index contributed by atoms with van der Waals surface area (Å²) >= 11 is 0. The van der Waals surface area contributed by atoms with Crippen molar-refractivity contribution in [3.05, 3.63) is 47.5 Å². The molecule has 0 bridgehead atoms. The van der Waals surface area contributed by atoms with Crippen LogP contribution in [0.5, 0.6) is 0 Å². The standard InChI is InChI=1S/C16H8O/c1-3-11-5-7-15-13(9-11)14-10-12(4-2)6-8-16(14)17-15/h1-2,5-10H. The molecule has 0 saturated carbocycles. The molecule has 0 saturated heterocycles. The maximum absolute atomic E-state index is 5.71. The van der Waals surface area contributed by atoms with Crippen LogP contribution in [0.25, 0.3) is 21.9 Å². The summed E-state index contributed by atoms with van der Waals surface area (Å²) in [6, 6.07) is 11.4. The second-order valence-electron chi connectivity index (χ2n) is 3.81. The van der Waals surface area contributed by atoms with E-state index in [1.165, 1.54) is 0 Å². The molecule has 0 fully saturated rings. The molecular weight excluding hydrogens is 208 g/mol. The molecular formula is C16H8O. The van der Waals surface area contributed by atoms with Crippen LogP contribution in [-0.2, 0) is 0 Å². The Kier molecular flexibility index (Phi) is 1.94. The smallest absolute Gasteiger partial charge is 0.135 e. The molecule has 17 heavy (non-hydrogen) atoms. The number of rotatable bonds is 0. The Hall–Kier alpha value is -2.64. The van der Waals surface area contributed by atoms with E-state index in [2.05, 4.69) is 11.8 Å². The van der Waals surface area contributed by atoms with E-state index in [1.54, 1.807) is 0 Å². The normalized spacial score (nSPS) is 10.2. The van der Waals surface area contributed by atoms with E-state index in [1.807, 2.05) is 36.4 Å². The Morgan fingerprint density at radius 2 is 1.24 bits per heavy atom. The van der Waals surface area contributed by atoms with Gasteiger partial charge in [-0.15, -0.1) is 12.8 Å². The molecule has 3 rings (SSSR count). The third-order valence-corrected chi connectivity index (χ3v) is 2.80. The molecule has 0 unspecified atom stereocenters. The first-order valence-corrected chi connectivity index (χ1v) is 5.21. The lowest BCUT2D eigenvalue weighted by atomic mass is 10.1. The zero-order valence-corrected chi connectivity index (χ0v) is 9.03. The van der Waals surface area contributed by atoms with E-state index in [-0.39, 0.29) is 0 Å². The predicted molar refractivity (Wildman–Crippen MR) is 69.6 cm³/mol. The number of benzene rings is 2. The molecule has 1 nitrogen and oxygen atoms in total. The molecule has 0 amide bonds. The van der Waals surface area contributed by atoms with Crippen molar-refractivity contribution in [3.8, 4) is 24.7 Å². The van der Waals surface area contributed by atoms with Crippen LogP contribution < -0.4 is 0 Å². The lowest BCUT2D eigenvalue weighted by Gasteiger charge is -1.92. The number of fused-ring (bicyclic) bond motifs is 3. The van der Waals surface area contributed by atoms with Crippen molar-refractivity contribution in [3.63, 3.8) is 0 Å². The number of hydrogen-bond donors (Lipinski definition) is 0. The Morgan fingerprint density at radius 3 is 1.65 bits per heavy atom. The van der Waals surface area contributed by atoms with E-state index in [0.29, 0.717) is 0 Å². The highest BCUT2D eigenvalue weighted by Crippen LogP contribution is 2.29. The molecule has 0 N–H and O–H groups in total. The van der Waals surface area contributed by atoms with Gasteiger partial charge in [0.15, 0.2) is 0 Å². The van der Waals surface area contributed by atoms with Crippen molar-refractivity contribution in [1.29, 1.82) is 0 Å². The van der Waals surface area contributed by atoms with Crippen molar-refractivity contribution in [1.82, 2.24) is 0 Å². The quantitative estimate of drug-likeness (QED) is 0.524. The molecule has 0 spiro atoms. The first-order valence-electron chi connectivity index (χ1n) is 5.21. The van der Waals surface area contributed by atoms with Crippen LogP contribution in [0.4, 0.5) is 0 Å². The molecule has 78 valence electrons. The van der Waals surface area contributed by atoms with Crippen LogP contribution in [0.3, 0.4) is 0 Å². The third-order valence-electron chi connectivity index (χ3n) is 2.80. The minimum absolute atomic E-state index is 0.827. The molecule has 2 aromatic carbocycles. The summed E-state index contributed by atoms with van der Waals surface area (Å²) in [4.78, 5) is 0. The van der Waals surface area contributed by atoms with Gasteiger partial charge in [0.25, 0.3) is 0 Å². The van der Waals surface area contributed by atoms with Crippen molar-refractivity contribution >= 4 is 21.9 Å². The van der Waals surface area contributed by atoms with E-state index in [9.17, 15) is 0 Å². The van der Waals surface area contributed by atoms with Crippen molar-refractivity contribution < 1.29 is 4.42 Å². The van der Waals surface area contributed by atoms with Crippen LogP contribution in [0.15, 0.2) is 40.8 Å². The maximum atomic E-state index is 5.71. The van der Waals surface area contributed by atoms with Gasteiger partial charge in [0.1, 0.15) is 11.2 Å². The highest BCUT2D eigenvalue weighted by atomic mass is 16.3. The van der Waals surface area contributed by atoms with Crippen LogP contribution in [-0.4, -0.2) is 0 Å². The number of terminal acetylenes is 2. The fourth-order valence-electron chi connectivity index (χ4n) is 1.96. The second kappa shape index (κ2) is 3.44. The van der Waals surface area contributed by atoms with Crippen LogP contribution in [0, 0.1) is 24.7 Å². The van der Waals surface area contributed by atoms with Gasteiger partial charge < -0.3 is 4.42 Å². The minimum Gasteiger partial charge on any atom is -0.456 e. The number of furan rings is 1. The molecule has 0 aliphatic carbocycles. The van der Waals surface area contributed by atoms with Crippen molar-refractivity contribution in [2.75, 3.05) is 0 Å². The van der Waals surface area contributed by atoms with E-state index >= 15 is 0 Å². The SMILES string of the molecule is C#Cc1ccc2oc3ccc(C#C)cc3c2c1. The Balaban J connectivity index is 2.47. The molecule has 0 atom stereocenters. The zero-order valence-electron chi connectivity index (χ0n) is 9.03. The zero-order chi connectivity index (χ0) is 11.8. The highest BCUT2D eigenvalue weighted by molar-refractivity contribution is 6.05. The average Bonchev–Trinajstić information content (AvgIpc) is 2.75. The molecule has 0 radical (unpaired) electrons. The van der Waals surface area contributed by atoms with Gasteiger partial charge >= 0.3 is 0 Å². The second-order valence-corrected chi connectivity index (χ2v) is 3.81. The fraction of sp³-hybridized carbons (Fsp3) is 0. The minimum atomic E-state index is 0.827. The van der Waals surface area contributed by atoms with Gasteiger partial charge in [0, 0.05) is 21.9 Å². The monoisotopic (exact) mass is 216 g/mol. The molecule has 1 heteroatoms. The first-order chi connectivity index (χ1) is 8.31. The Bertz CT molecular complexity index is 739. The number of hydrogen-bond acceptors (Lipinski definition) is 1. The van der Waals surface area contributed by atoms with Gasteiger partial charge in [0.05, 0.1) is 0 Å².